The van der Waals surface area contributed by atoms with Crippen LogP contribution in [0.2, 0.25) is 5.02 Å². The average molecular weight is 329 g/mol. The Morgan fingerprint density at radius 2 is 2.00 bits per heavy atom. The molecule has 0 saturated heterocycles. The number of benzene rings is 1. The van der Waals surface area contributed by atoms with E-state index in [1.54, 1.807) is 17.4 Å². The van der Waals surface area contributed by atoms with Gasteiger partial charge in [-0.2, -0.15) is 0 Å². The first-order valence-corrected chi connectivity index (χ1v) is 7.13. The van der Waals surface area contributed by atoms with E-state index in [-0.39, 0.29) is 5.11 Å². The fourth-order valence-electron chi connectivity index (χ4n) is 1.78. The van der Waals surface area contributed by atoms with Crippen molar-refractivity contribution in [3.05, 3.63) is 58.6 Å². The van der Waals surface area contributed by atoms with Gasteiger partial charge in [0.05, 0.1) is 6.20 Å². The molecule has 1 heterocycles. The Morgan fingerprint density at radius 1 is 1.25 bits per heavy atom. The van der Waals surface area contributed by atoms with Gasteiger partial charge in [-0.3, -0.25) is 10.4 Å². The third-order valence-electron chi connectivity index (χ3n) is 2.75. The summed E-state index contributed by atoms with van der Waals surface area (Å²) in [4.78, 5) is 1.92. The number of hydrazine groups is 1. The van der Waals surface area contributed by atoms with Gasteiger partial charge in [0.15, 0.2) is 5.11 Å². The van der Waals surface area contributed by atoms with Crippen LogP contribution in [-0.2, 0) is 6.42 Å². The van der Waals surface area contributed by atoms with Crippen LogP contribution >= 0.6 is 35.4 Å². The van der Waals surface area contributed by atoms with Gasteiger partial charge >= 0.3 is 0 Å². The molecule has 7 heteroatoms. The lowest BCUT2D eigenvalue weighted by molar-refractivity contribution is 0.388. The Hall–Kier alpha value is -1.43. The van der Waals surface area contributed by atoms with Crippen LogP contribution in [-0.4, -0.2) is 21.6 Å². The summed E-state index contributed by atoms with van der Waals surface area (Å²) in [7, 11) is 0. The quantitative estimate of drug-likeness (QED) is 0.657. The number of nitrogens with two attached hydrogens (primary N) is 1. The molecule has 1 aliphatic rings. The number of halogens is 2. The summed E-state index contributed by atoms with van der Waals surface area (Å²) in [6.07, 6.45) is 6.15. The van der Waals surface area contributed by atoms with Crippen LogP contribution in [0, 0.1) is 0 Å². The largest absolute Gasteiger partial charge is 0.375 e. The Labute approximate surface area is 133 Å². The van der Waals surface area contributed by atoms with Crippen molar-refractivity contribution in [1.29, 1.82) is 0 Å². The molecule has 0 unspecified atom stereocenters. The van der Waals surface area contributed by atoms with E-state index >= 15 is 0 Å². The first-order chi connectivity index (χ1) is 9.56. The van der Waals surface area contributed by atoms with E-state index in [1.807, 2.05) is 35.4 Å². The van der Waals surface area contributed by atoms with Crippen molar-refractivity contribution >= 4 is 40.5 Å². The van der Waals surface area contributed by atoms with Gasteiger partial charge in [-0.1, -0.05) is 41.4 Å². The Kier molecular flexibility index (Phi) is 5.11. The topological polar surface area (TPSA) is 44.5 Å². The zero-order valence-corrected chi connectivity index (χ0v) is 12.9. The molecule has 1 aromatic carbocycles. The summed E-state index contributed by atoms with van der Waals surface area (Å²) in [6.45, 7) is 0.733. The molecule has 20 heavy (non-hydrogen) atoms. The van der Waals surface area contributed by atoms with E-state index in [0.717, 1.165) is 23.6 Å². The van der Waals surface area contributed by atoms with Crippen molar-refractivity contribution in [2.24, 2.45) is 5.73 Å². The van der Waals surface area contributed by atoms with Crippen molar-refractivity contribution in [3.63, 3.8) is 0 Å². The molecule has 0 fully saturated rings. The van der Waals surface area contributed by atoms with Crippen molar-refractivity contribution in [1.82, 2.24) is 15.3 Å². The van der Waals surface area contributed by atoms with Crippen LogP contribution in [0.4, 0.5) is 0 Å². The van der Waals surface area contributed by atoms with Crippen molar-refractivity contribution in [2.45, 2.75) is 6.42 Å². The minimum Gasteiger partial charge on any atom is -0.375 e. The molecule has 1 aliphatic heterocycles. The minimum atomic E-state index is 0.180. The lowest BCUT2D eigenvalue weighted by Crippen LogP contribution is -2.40. The van der Waals surface area contributed by atoms with Crippen LogP contribution < -0.4 is 11.2 Å². The molecule has 0 bridgehead atoms. The molecule has 0 aliphatic carbocycles. The molecule has 4 nitrogen and oxygen atoms in total. The highest BCUT2D eigenvalue weighted by atomic mass is 35.5. The van der Waals surface area contributed by atoms with Gasteiger partial charge in [0.1, 0.15) is 5.16 Å². The maximum atomic E-state index is 6.20. The summed E-state index contributed by atoms with van der Waals surface area (Å²) in [6, 6.07) is 7.78. The summed E-state index contributed by atoms with van der Waals surface area (Å²) in [5.74, 6) is 0. The number of nitrogens with one attached hydrogen (secondary N) is 1. The number of rotatable bonds is 4. The fourth-order valence-corrected chi connectivity index (χ4v) is 2.36. The van der Waals surface area contributed by atoms with Crippen LogP contribution in [0.3, 0.4) is 0 Å². The standard InChI is InChI=1S/C13H14Cl2N4S/c14-11-4-2-1-3-10(11)5-6-18-7-8-19(9-12(18)15)17-13(16)20/h1-4,7-9H,5-6H2,(H3,16,17,20). The fraction of sp³-hybridized carbons (Fsp3) is 0.154. The molecule has 3 N–H and O–H groups in total. The summed E-state index contributed by atoms with van der Waals surface area (Å²) in [5.41, 5.74) is 9.25. The van der Waals surface area contributed by atoms with E-state index in [9.17, 15) is 0 Å². The summed E-state index contributed by atoms with van der Waals surface area (Å²) < 4.78 is 0. The Bertz CT molecular complexity index is 559. The first kappa shape index (κ1) is 15.0. The van der Waals surface area contributed by atoms with E-state index in [4.69, 9.17) is 41.2 Å². The smallest absolute Gasteiger partial charge is 0.183 e. The number of thiocarbonyl (C=S) groups is 1. The van der Waals surface area contributed by atoms with E-state index < -0.39 is 0 Å². The maximum Gasteiger partial charge on any atom is 0.183 e. The van der Waals surface area contributed by atoms with Crippen LogP contribution in [0.25, 0.3) is 0 Å². The molecule has 0 spiro atoms. The molecule has 2 rings (SSSR count). The molecule has 106 valence electrons. The van der Waals surface area contributed by atoms with Crippen LogP contribution in [0.5, 0.6) is 0 Å². The normalized spacial score (nSPS) is 14.2. The monoisotopic (exact) mass is 328 g/mol. The molecular weight excluding hydrogens is 315 g/mol. The zero-order chi connectivity index (χ0) is 14.5. The molecule has 0 aromatic heterocycles. The highest BCUT2D eigenvalue weighted by Gasteiger charge is 2.12. The van der Waals surface area contributed by atoms with E-state index in [1.165, 1.54) is 0 Å². The molecule has 0 atom stereocenters. The maximum absolute atomic E-state index is 6.20. The zero-order valence-electron chi connectivity index (χ0n) is 10.6. The van der Waals surface area contributed by atoms with Gasteiger partial charge < -0.3 is 10.6 Å². The van der Waals surface area contributed by atoms with Gasteiger partial charge in [0.2, 0.25) is 0 Å². The number of nitrogens with zero attached hydrogens (tertiary/aromatic N) is 2. The van der Waals surface area contributed by atoms with E-state index in [2.05, 4.69) is 5.43 Å². The van der Waals surface area contributed by atoms with Crippen molar-refractivity contribution < 1.29 is 0 Å². The average Bonchev–Trinajstić information content (AvgIpc) is 2.39. The number of hydrogen-bond donors (Lipinski definition) is 2. The second-order valence-electron chi connectivity index (χ2n) is 4.17. The van der Waals surface area contributed by atoms with Gasteiger partial charge in [-0.05, 0) is 30.3 Å². The second-order valence-corrected chi connectivity index (χ2v) is 5.40. The van der Waals surface area contributed by atoms with Crippen molar-refractivity contribution in [2.75, 3.05) is 6.54 Å². The Balaban J connectivity index is 1.94. The molecular formula is C13H14Cl2N4S. The lowest BCUT2D eigenvalue weighted by atomic mass is 10.1. The van der Waals surface area contributed by atoms with Crippen molar-refractivity contribution in [3.8, 4) is 0 Å². The SMILES string of the molecule is NC(=S)NN1C=CN(CCc2ccccc2Cl)C(Cl)=C1. The van der Waals surface area contributed by atoms with Crippen LogP contribution in [0.1, 0.15) is 5.56 Å². The third-order valence-corrected chi connectivity index (χ3v) is 3.52. The van der Waals surface area contributed by atoms with Gasteiger partial charge in [0.25, 0.3) is 0 Å². The van der Waals surface area contributed by atoms with Gasteiger partial charge in [-0.15, -0.1) is 0 Å². The van der Waals surface area contributed by atoms with Crippen LogP contribution in [0.15, 0.2) is 48.0 Å². The van der Waals surface area contributed by atoms with Gasteiger partial charge in [-0.25, -0.2) is 0 Å². The summed E-state index contributed by atoms with van der Waals surface area (Å²) >= 11 is 17.1. The third kappa shape index (κ3) is 4.03. The predicted molar refractivity (Wildman–Crippen MR) is 86.7 cm³/mol. The Morgan fingerprint density at radius 3 is 2.65 bits per heavy atom. The molecule has 0 amide bonds. The number of hydrogen-bond acceptors (Lipinski definition) is 3. The molecule has 0 radical (unpaired) electrons. The summed E-state index contributed by atoms with van der Waals surface area (Å²) in [5, 5.41) is 3.13. The molecule has 0 saturated carbocycles. The van der Waals surface area contributed by atoms with E-state index in [0.29, 0.717) is 5.16 Å². The predicted octanol–water partition coefficient (Wildman–Crippen LogP) is 2.76. The lowest BCUT2D eigenvalue weighted by Gasteiger charge is -2.28. The minimum absolute atomic E-state index is 0.180. The highest BCUT2D eigenvalue weighted by molar-refractivity contribution is 7.80. The second kappa shape index (κ2) is 6.83. The van der Waals surface area contributed by atoms with Gasteiger partial charge in [0, 0.05) is 24.0 Å². The molecule has 1 aromatic rings. The first-order valence-electron chi connectivity index (χ1n) is 5.96. The highest BCUT2D eigenvalue weighted by Crippen LogP contribution is 2.19.